The standard InChI is InChI=1S/C29H33NO2.ClH/c1-17(2)23-10-12-24(13-11-23)27-21(6)32-29-20(5)28(19(4)18(3)26(27)29)30-16-22-8-14-25(31-7)15-9-22;/h8-15,17,30H,16H2,1-7H3;1H. The average Bonchev–Trinajstić information content (AvgIpc) is 3.15. The Balaban J connectivity index is 0.00000306. The largest absolute Gasteiger partial charge is 0.497 e. The van der Waals surface area contributed by atoms with Gasteiger partial charge in [0, 0.05) is 28.7 Å². The fourth-order valence-corrected chi connectivity index (χ4v) is 4.52. The third-order valence-corrected chi connectivity index (χ3v) is 6.61. The summed E-state index contributed by atoms with van der Waals surface area (Å²) in [6, 6.07) is 17.1. The van der Waals surface area contributed by atoms with Gasteiger partial charge >= 0.3 is 0 Å². The van der Waals surface area contributed by atoms with E-state index in [-0.39, 0.29) is 12.4 Å². The number of hydrogen-bond acceptors (Lipinski definition) is 3. The van der Waals surface area contributed by atoms with Crippen molar-refractivity contribution in [1.82, 2.24) is 0 Å². The fraction of sp³-hybridized carbons (Fsp3) is 0.310. The smallest absolute Gasteiger partial charge is 0.140 e. The molecule has 174 valence electrons. The molecule has 0 aliphatic rings. The van der Waals surface area contributed by atoms with Crippen LogP contribution >= 0.6 is 12.4 Å². The molecule has 4 heteroatoms. The van der Waals surface area contributed by atoms with E-state index in [0.717, 1.165) is 34.9 Å². The minimum Gasteiger partial charge on any atom is -0.497 e. The first-order chi connectivity index (χ1) is 15.3. The molecule has 0 aliphatic carbocycles. The van der Waals surface area contributed by atoms with Crippen LogP contribution in [-0.4, -0.2) is 7.11 Å². The van der Waals surface area contributed by atoms with Gasteiger partial charge in [0.15, 0.2) is 0 Å². The van der Waals surface area contributed by atoms with Crippen molar-refractivity contribution in [2.24, 2.45) is 0 Å². The lowest BCUT2D eigenvalue weighted by molar-refractivity contribution is 0.414. The lowest BCUT2D eigenvalue weighted by Gasteiger charge is -2.17. The molecule has 0 radical (unpaired) electrons. The van der Waals surface area contributed by atoms with E-state index in [1.54, 1.807) is 7.11 Å². The van der Waals surface area contributed by atoms with Crippen LogP contribution in [-0.2, 0) is 6.54 Å². The Bertz CT molecular complexity index is 1250. The van der Waals surface area contributed by atoms with Crippen LogP contribution < -0.4 is 10.1 Å². The highest BCUT2D eigenvalue weighted by molar-refractivity contribution is 6.02. The topological polar surface area (TPSA) is 34.4 Å². The van der Waals surface area contributed by atoms with Crippen molar-refractivity contribution in [1.29, 1.82) is 0 Å². The van der Waals surface area contributed by atoms with Crippen LogP contribution in [0.2, 0.25) is 0 Å². The molecule has 3 nitrogen and oxygen atoms in total. The second-order valence-electron chi connectivity index (χ2n) is 8.97. The molecule has 3 aromatic carbocycles. The number of hydrogen-bond donors (Lipinski definition) is 1. The Hall–Kier alpha value is -2.91. The first-order valence-electron chi connectivity index (χ1n) is 11.3. The Kier molecular flexibility index (Phi) is 7.44. The predicted molar refractivity (Wildman–Crippen MR) is 142 cm³/mol. The minimum atomic E-state index is 0. The van der Waals surface area contributed by atoms with Gasteiger partial charge in [-0.1, -0.05) is 50.2 Å². The maximum Gasteiger partial charge on any atom is 0.140 e. The third-order valence-electron chi connectivity index (χ3n) is 6.61. The summed E-state index contributed by atoms with van der Waals surface area (Å²) in [5, 5.41) is 4.88. The Labute approximate surface area is 203 Å². The number of anilines is 1. The van der Waals surface area contributed by atoms with Gasteiger partial charge in [-0.3, -0.25) is 0 Å². The Morgan fingerprint density at radius 3 is 2.06 bits per heavy atom. The van der Waals surface area contributed by atoms with Crippen molar-refractivity contribution in [2.75, 3.05) is 12.4 Å². The summed E-state index contributed by atoms with van der Waals surface area (Å²) in [7, 11) is 1.69. The molecule has 4 aromatic rings. The van der Waals surface area contributed by atoms with E-state index in [0.29, 0.717) is 5.92 Å². The quantitative estimate of drug-likeness (QED) is 0.311. The van der Waals surface area contributed by atoms with E-state index >= 15 is 0 Å². The van der Waals surface area contributed by atoms with Crippen LogP contribution in [0, 0.1) is 27.7 Å². The number of halogens is 1. The monoisotopic (exact) mass is 463 g/mol. The van der Waals surface area contributed by atoms with Crippen LogP contribution in [0.3, 0.4) is 0 Å². The molecule has 0 aliphatic heterocycles. The van der Waals surface area contributed by atoms with E-state index in [9.17, 15) is 0 Å². The first kappa shape index (κ1) is 24.7. The molecule has 4 rings (SSSR count). The minimum absolute atomic E-state index is 0. The molecule has 0 bridgehead atoms. The molecular weight excluding hydrogens is 430 g/mol. The van der Waals surface area contributed by atoms with Gasteiger partial charge < -0.3 is 14.5 Å². The zero-order valence-corrected chi connectivity index (χ0v) is 21.4. The molecule has 1 aromatic heterocycles. The molecule has 0 atom stereocenters. The zero-order valence-electron chi connectivity index (χ0n) is 20.6. The van der Waals surface area contributed by atoms with Crippen molar-refractivity contribution in [3.05, 3.63) is 82.1 Å². The number of ether oxygens (including phenoxy) is 1. The second-order valence-corrected chi connectivity index (χ2v) is 8.97. The molecule has 0 saturated heterocycles. The van der Waals surface area contributed by atoms with Crippen molar-refractivity contribution in [2.45, 2.75) is 54.0 Å². The first-order valence-corrected chi connectivity index (χ1v) is 11.3. The van der Waals surface area contributed by atoms with Gasteiger partial charge in [0.05, 0.1) is 7.11 Å². The van der Waals surface area contributed by atoms with Gasteiger partial charge in [-0.25, -0.2) is 0 Å². The second kappa shape index (κ2) is 9.93. The van der Waals surface area contributed by atoms with Crippen LogP contribution in [0.15, 0.2) is 52.9 Å². The summed E-state index contributed by atoms with van der Waals surface area (Å²) in [4.78, 5) is 0. The summed E-state index contributed by atoms with van der Waals surface area (Å²) in [5.74, 6) is 2.37. The van der Waals surface area contributed by atoms with Gasteiger partial charge in [0.2, 0.25) is 0 Å². The summed E-state index contributed by atoms with van der Waals surface area (Å²) in [5.41, 5.74) is 10.8. The van der Waals surface area contributed by atoms with Crippen molar-refractivity contribution < 1.29 is 9.15 Å². The third kappa shape index (κ3) is 4.60. The van der Waals surface area contributed by atoms with Crippen LogP contribution in [0.25, 0.3) is 22.1 Å². The maximum absolute atomic E-state index is 6.36. The SMILES string of the molecule is COc1ccc(CNc2c(C)c(C)c3c(-c4ccc(C(C)C)cc4)c(C)oc3c2C)cc1.Cl. The van der Waals surface area contributed by atoms with Crippen LogP contribution in [0.4, 0.5) is 5.69 Å². The maximum atomic E-state index is 6.36. The summed E-state index contributed by atoms with van der Waals surface area (Å²) < 4.78 is 11.6. The number of nitrogens with one attached hydrogen (secondary N) is 1. The predicted octanol–water partition coefficient (Wildman–Crippen LogP) is 8.50. The summed E-state index contributed by atoms with van der Waals surface area (Å²) in [6.45, 7) is 13.8. The zero-order chi connectivity index (χ0) is 23.0. The van der Waals surface area contributed by atoms with Gasteiger partial charge in [0.1, 0.15) is 17.1 Å². The highest BCUT2D eigenvalue weighted by atomic mass is 35.5. The Morgan fingerprint density at radius 2 is 1.48 bits per heavy atom. The lowest BCUT2D eigenvalue weighted by Crippen LogP contribution is -2.04. The average molecular weight is 464 g/mol. The van der Waals surface area contributed by atoms with E-state index in [1.165, 1.54) is 38.8 Å². The lowest BCUT2D eigenvalue weighted by atomic mass is 9.92. The molecule has 0 unspecified atom stereocenters. The highest BCUT2D eigenvalue weighted by Crippen LogP contribution is 2.42. The van der Waals surface area contributed by atoms with E-state index in [1.807, 2.05) is 12.1 Å². The van der Waals surface area contributed by atoms with E-state index < -0.39 is 0 Å². The number of methoxy groups -OCH3 is 1. The molecule has 0 amide bonds. The summed E-state index contributed by atoms with van der Waals surface area (Å²) >= 11 is 0. The molecule has 0 spiro atoms. The highest BCUT2D eigenvalue weighted by Gasteiger charge is 2.21. The fourth-order valence-electron chi connectivity index (χ4n) is 4.52. The molecule has 0 fully saturated rings. The van der Waals surface area contributed by atoms with Crippen molar-refractivity contribution >= 4 is 29.1 Å². The molecule has 0 saturated carbocycles. The molecule has 1 heterocycles. The van der Waals surface area contributed by atoms with Crippen molar-refractivity contribution in [3.8, 4) is 16.9 Å². The van der Waals surface area contributed by atoms with Gasteiger partial charge in [-0.15, -0.1) is 12.4 Å². The van der Waals surface area contributed by atoms with Gasteiger partial charge in [-0.2, -0.15) is 0 Å². The van der Waals surface area contributed by atoms with Crippen LogP contribution in [0.5, 0.6) is 5.75 Å². The molecule has 1 N–H and O–H groups in total. The number of aryl methyl sites for hydroxylation is 3. The van der Waals surface area contributed by atoms with E-state index in [2.05, 4.69) is 83.3 Å². The number of benzene rings is 3. The van der Waals surface area contributed by atoms with Gasteiger partial charge in [0.25, 0.3) is 0 Å². The van der Waals surface area contributed by atoms with Crippen molar-refractivity contribution in [3.63, 3.8) is 0 Å². The Morgan fingerprint density at radius 1 is 0.848 bits per heavy atom. The normalized spacial score (nSPS) is 11.0. The number of rotatable bonds is 6. The number of furan rings is 1. The molecule has 33 heavy (non-hydrogen) atoms. The van der Waals surface area contributed by atoms with E-state index in [4.69, 9.17) is 9.15 Å². The van der Waals surface area contributed by atoms with Gasteiger partial charge in [-0.05, 0) is 73.6 Å². The van der Waals surface area contributed by atoms with Crippen LogP contribution in [0.1, 0.15) is 53.3 Å². The summed E-state index contributed by atoms with van der Waals surface area (Å²) in [6.07, 6.45) is 0. The number of fused-ring (bicyclic) bond motifs is 1. The molecular formula is C29H34ClNO2.